The van der Waals surface area contributed by atoms with Gasteiger partial charge in [0.25, 0.3) is 0 Å². The lowest BCUT2D eigenvalue weighted by Gasteiger charge is -2.38. The highest BCUT2D eigenvalue weighted by atomic mass is 127. The molecule has 1 aliphatic rings. The van der Waals surface area contributed by atoms with Gasteiger partial charge >= 0.3 is 0 Å². The van der Waals surface area contributed by atoms with Gasteiger partial charge < -0.3 is 24.4 Å². The molecule has 0 bridgehead atoms. The number of hydrogen-bond donors (Lipinski definition) is 1. The Kier molecular flexibility index (Phi) is 8.21. The number of aliphatic imine (C=N–C) groups is 1. The first-order chi connectivity index (χ1) is 12.7. The van der Waals surface area contributed by atoms with E-state index in [1.165, 1.54) is 0 Å². The standard InChI is InChI=1S/C19H27N5O2.HI/c1-4-15-13-16(26-22-15)14-21-19(20-2)24-11-9-23(10-12-24)17-7-5-6-8-18(17)25-3;/h5-8,13H,4,9-12,14H2,1-3H3,(H,20,21);1H. The van der Waals surface area contributed by atoms with Gasteiger partial charge in [-0.25, -0.2) is 0 Å². The number of hydrogen-bond acceptors (Lipinski definition) is 5. The normalized spacial score (nSPS) is 14.7. The van der Waals surface area contributed by atoms with E-state index in [2.05, 4.69) is 38.3 Å². The highest BCUT2D eigenvalue weighted by Gasteiger charge is 2.21. The smallest absolute Gasteiger partial charge is 0.194 e. The van der Waals surface area contributed by atoms with Crippen LogP contribution in [0.15, 0.2) is 39.8 Å². The van der Waals surface area contributed by atoms with Crippen LogP contribution in [-0.2, 0) is 13.0 Å². The van der Waals surface area contributed by atoms with Crippen LogP contribution in [0, 0.1) is 0 Å². The quantitative estimate of drug-likeness (QED) is 0.399. The molecule has 27 heavy (non-hydrogen) atoms. The van der Waals surface area contributed by atoms with E-state index in [4.69, 9.17) is 9.26 Å². The molecule has 1 saturated heterocycles. The van der Waals surface area contributed by atoms with E-state index in [1.807, 2.05) is 31.3 Å². The number of anilines is 1. The maximum atomic E-state index is 5.49. The average Bonchev–Trinajstić information content (AvgIpc) is 3.17. The van der Waals surface area contributed by atoms with E-state index in [-0.39, 0.29) is 24.0 Å². The molecule has 1 fully saturated rings. The number of methoxy groups -OCH3 is 1. The van der Waals surface area contributed by atoms with Crippen LogP contribution in [-0.4, -0.2) is 56.4 Å². The number of ether oxygens (including phenoxy) is 1. The van der Waals surface area contributed by atoms with Crippen molar-refractivity contribution in [3.63, 3.8) is 0 Å². The Hall–Kier alpha value is -1.97. The molecule has 1 aromatic heterocycles. The molecule has 1 aromatic carbocycles. The summed E-state index contributed by atoms with van der Waals surface area (Å²) in [5.41, 5.74) is 2.12. The number of aryl methyl sites for hydroxylation is 1. The molecule has 0 spiro atoms. The number of guanidine groups is 1. The molecule has 0 saturated carbocycles. The zero-order valence-electron chi connectivity index (χ0n) is 16.1. The van der Waals surface area contributed by atoms with Gasteiger partial charge in [-0.1, -0.05) is 24.2 Å². The number of aromatic nitrogens is 1. The minimum Gasteiger partial charge on any atom is -0.495 e. The molecule has 3 rings (SSSR count). The monoisotopic (exact) mass is 485 g/mol. The molecule has 0 radical (unpaired) electrons. The molecule has 0 atom stereocenters. The summed E-state index contributed by atoms with van der Waals surface area (Å²) >= 11 is 0. The maximum absolute atomic E-state index is 5.49. The van der Waals surface area contributed by atoms with Crippen molar-refractivity contribution < 1.29 is 9.26 Å². The Morgan fingerprint density at radius 2 is 2.00 bits per heavy atom. The summed E-state index contributed by atoms with van der Waals surface area (Å²) in [5.74, 6) is 2.63. The molecule has 0 aliphatic carbocycles. The van der Waals surface area contributed by atoms with Crippen molar-refractivity contribution in [3.8, 4) is 5.75 Å². The second-order valence-corrected chi connectivity index (χ2v) is 6.18. The lowest BCUT2D eigenvalue weighted by Crippen LogP contribution is -2.52. The van der Waals surface area contributed by atoms with Gasteiger partial charge in [-0.15, -0.1) is 24.0 Å². The lowest BCUT2D eigenvalue weighted by molar-refractivity contribution is 0.354. The summed E-state index contributed by atoms with van der Waals surface area (Å²) in [6.45, 7) is 6.29. The Morgan fingerprint density at radius 3 is 2.63 bits per heavy atom. The summed E-state index contributed by atoms with van der Waals surface area (Å²) in [7, 11) is 3.53. The van der Waals surface area contributed by atoms with E-state index >= 15 is 0 Å². The molecule has 0 unspecified atom stereocenters. The summed E-state index contributed by atoms with van der Waals surface area (Å²) in [6, 6.07) is 10.1. The molecule has 2 aromatic rings. The molecular formula is C19H28IN5O2. The minimum absolute atomic E-state index is 0. The first-order valence-electron chi connectivity index (χ1n) is 9.03. The third-order valence-electron chi connectivity index (χ3n) is 4.61. The van der Waals surface area contributed by atoms with Gasteiger partial charge in [0.15, 0.2) is 11.7 Å². The van der Waals surface area contributed by atoms with Crippen LogP contribution in [0.2, 0.25) is 0 Å². The number of para-hydroxylation sites is 2. The van der Waals surface area contributed by atoms with Crippen molar-refractivity contribution >= 4 is 35.6 Å². The van der Waals surface area contributed by atoms with Gasteiger partial charge in [-0.05, 0) is 18.6 Å². The Morgan fingerprint density at radius 1 is 1.26 bits per heavy atom. The van der Waals surface area contributed by atoms with Crippen LogP contribution in [0.3, 0.4) is 0 Å². The van der Waals surface area contributed by atoms with Crippen LogP contribution < -0.4 is 15.0 Å². The van der Waals surface area contributed by atoms with Crippen molar-refractivity contribution in [3.05, 3.63) is 41.8 Å². The second-order valence-electron chi connectivity index (χ2n) is 6.18. The van der Waals surface area contributed by atoms with Crippen molar-refractivity contribution in [2.45, 2.75) is 19.9 Å². The number of piperazine rings is 1. The van der Waals surface area contributed by atoms with Crippen LogP contribution in [0.4, 0.5) is 5.69 Å². The topological polar surface area (TPSA) is 66.1 Å². The summed E-state index contributed by atoms with van der Waals surface area (Å²) in [4.78, 5) is 9.03. The molecular weight excluding hydrogens is 457 g/mol. The largest absolute Gasteiger partial charge is 0.495 e. The zero-order valence-corrected chi connectivity index (χ0v) is 18.5. The molecule has 0 amide bonds. The van der Waals surface area contributed by atoms with Crippen molar-refractivity contribution in [1.82, 2.24) is 15.4 Å². The molecule has 1 N–H and O–H groups in total. The van der Waals surface area contributed by atoms with Crippen LogP contribution in [0.25, 0.3) is 0 Å². The van der Waals surface area contributed by atoms with E-state index in [9.17, 15) is 0 Å². The van der Waals surface area contributed by atoms with E-state index < -0.39 is 0 Å². The van der Waals surface area contributed by atoms with Gasteiger partial charge in [0.05, 0.1) is 25.0 Å². The van der Waals surface area contributed by atoms with Crippen molar-refractivity contribution in [1.29, 1.82) is 0 Å². The molecule has 148 valence electrons. The first-order valence-corrected chi connectivity index (χ1v) is 9.03. The fourth-order valence-corrected chi connectivity index (χ4v) is 3.15. The SMILES string of the molecule is CCc1cc(CNC(=NC)N2CCN(c3ccccc3OC)CC2)on1.I. The number of rotatable bonds is 5. The maximum Gasteiger partial charge on any atom is 0.194 e. The fourth-order valence-electron chi connectivity index (χ4n) is 3.15. The fraction of sp³-hybridized carbons (Fsp3) is 0.474. The van der Waals surface area contributed by atoms with Crippen LogP contribution in [0.1, 0.15) is 18.4 Å². The lowest BCUT2D eigenvalue weighted by atomic mass is 10.2. The number of benzene rings is 1. The van der Waals surface area contributed by atoms with Gasteiger partial charge in [-0.2, -0.15) is 0 Å². The Labute approximate surface area is 177 Å². The summed E-state index contributed by atoms with van der Waals surface area (Å²) in [6.07, 6.45) is 0.878. The van der Waals surface area contributed by atoms with Gasteiger partial charge in [0, 0.05) is 39.3 Å². The van der Waals surface area contributed by atoms with E-state index in [0.717, 1.165) is 61.5 Å². The predicted octanol–water partition coefficient (Wildman–Crippen LogP) is 2.76. The first kappa shape index (κ1) is 21.3. The highest BCUT2D eigenvalue weighted by Crippen LogP contribution is 2.28. The molecule has 1 aliphatic heterocycles. The number of nitrogens with zero attached hydrogens (tertiary/aromatic N) is 4. The molecule has 8 heteroatoms. The summed E-state index contributed by atoms with van der Waals surface area (Å²) < 4.78 is 10.8. The van der Waals surface area contributed by atoms with E-state index in [1.54, 1.807) is 7.11 Å². The average molecular weight is 485 g/mol. The van der Waals surface area contributed by atoms with Crippen molar-refractivity contribution in [2.24, 2.45) is 4.99 Å². The third kappa shape index (κ3) is 5.27. The highest BCUT2D eigenvalue weighted by molar-refractivity contribution is 14.0. The molecule has 7 nitrogen and oxygen atoms in total. The molecule has 2 heterocycles. The number of halogens is 1. The zero-order chi connectivity index (χ0) is 18.4. The third-order valence-corrected chi connectivity index (χ3v) is 4.61. The van der Waals surface area contributed by atoms with Gasteiger partial charge in [-0.3, -0.25) is 4.99 Å². The second kappa shape index (κ2) is 10.4. The predicted molar refractivity (Wildman–Crippen MR) is 118 cm³/mol. The minimum atomic E-state index is 0. The Balaban J connectivity index is 0.00000261. The number of nitrogens with one attached hydrogen (secondary N) is 1. The van der Waals surface area contributed by atoms with Gasteiger partial charge in [0.1, 0.15) is 5.75 Å². The van der Waals surface area contributed by atoms with Crippen LogP contribution >= 0.6 is 24.0 Å². The van der Waals surface area contributed by atoms with Gasteiger partial charge in [0.2, 0.25) is 0 Å². The van der Waals surface area contributed by atoms with E-state index in [0.29, 0.717) is 6.54 Å². The Bertz CT molecular complexity index is 741. The van der Waals surface area contributed by atoms with Crippen molar-refractivity contribution in [2.75, 3.05) is 45.2 Å². The summed E-state index contributed by atoms with van der Waals surface area (Å²) in [5, 5.41) is 7.39. The van der Waals surface area contributed by atoms with Crippen LogP contribution in [0.5, 0.6) is 5.75 Å².